The predicted octanol–water partition coefficient (Wildman–Crippen LogP) is 1.84. The first-order valence-corrected chi connectivity index (χ1v) is 6.58. The fourth-order valence-corrected chi connectivity index (χ4v) is 2.53. The van der Waals surface area contributed by atoms with Crippen LogP contribution < -0.4 is 0 Å². The van der Waals surface area contributed by atoms with Gasteiger partial charge in [-0.1, -0.05) is 0 Å². The summed E-state index contributed by atoms with van der Waals surface area (Å²) < 4.78 is 5.30. The van der Waals surface area contributed by atoms with E-state index < -0.39 is 0 Å². The lowest BCUT2D eigenvalue weighted by molar-refractivity contribution is 0.0370. The second-order valence-corrected chi connectivity index (χ2v) is 5.00. The molecule has 1 saturated heterocycles. The van der Waals surface area contributed by atoms with E-state index in [2.05, 4.69) is 9.88 Å². The van der Waals surface area contributed by atoms with Crippen LogP contribution in [0.5, 0.6) is 0 Å². The van der Waals surface area contributed by atoms with E-state index in [0.29, 0.717) is 6.42 Å². The summed E-state index contributed by atoms with van der Waals surface area (Å²) in [5.74, 6) is 0.251. The van der Waals surface area contributed by atoms with E-state index in [9.17, 15) is 4.79 Å². The third-order valence-corrected chi connectivity index (χ3v) is 3.73. The molecule has 1 aromatic rings. The molecule has 1 aromatic heterocycles. The predicted molar refractivity (Wildman–Crippen MR) is 71.2 cm³/mol. The van der Waals surface area contributed by atoms with Crippen LogP contribution in [0.15, 0.2) is 0 Å². The molecule has 4 nitrogen and oxygen atoms in total. The van der Waals surface area contributed by atoms with Gasteiger partial charge in [-0.15, -0.1) is 0 Å². The largest absolute Gasteiger partial charge is 0.379 e. The van der Waals surface area contributed by atoms with E-state index >= 15 is 0 Å². The van der Waals surface area contributed by atoms with E-state index in [0.717, 1.165) is 55.4 Å². The fraction of sp³-hybridized carbons (Fsp3) is 0.643. The summed E-state index contributed by atoms with van der Waals surface area (Å²) in [7, 11) is 0. The van der Waals surface area contributed by atoms with Crippen molar-refractivity contribution in [2.24, 2.45) is 0 Å². The first kappa shape index (κ1) is 13.3. The summed E-state index contributed by atoms with van der Waals surface area (Å²) in [6.07, 6.45) is 0.596. The number of aromatic amines is 1. The highest BCUT2D eigenvalue weighted by atomic mass is 16.5. The summed E-state index contributed by atoms with van der Waals surface area (Å²) in [4.78, 5) is 17.8. The van der Waals surface area contributed by atoms with Gasteiger partial charge in [-0.25, -0.2) is 0 Å². The number of hydrogen-bond acceptors (Lipinski definition) is 3. The Hall–Kier alpha value is -1.13. The molecular weight excluding hydrogens is 228 g/mol. The van der Waals surface area contributed by atoms with Crippen LogP contribution in [-0.2, 0) is 4.74 Å². The molecule has 0 radical (unpaired) electrons. The van der Waals surface area contributed by atoms with Crippen molar-refractivity contribution in [1.29, 1.82) is 0 Å². The highest BCUT2D eigenvalue weighted by Crippen LogP contribution is 2.19. The lowest BCUT2D eigenvalue weighted by Crippen LogP contribution is -2.37. The first-order chi connectivity index (χ1) is 8.59. The Bertz CT molecular complexity index is 431. The number of hydrogen-bond donors (Lipinski definition) is 1. The molecule has 100 valence electrons. The average Bonchev–Trinajstić information content (AvgIpc) is 2.62. The molecule has 0 spiro atoms. The lowest BCUT2D eigenvalue weighted by atomic mass is 10.0. The van der Waals surface area contributed by atoms with Crippen molar-refractivity contribution in [3.05, 3.63) is 22.5 Å². The normalized spacial score (nSPS) is 17.1. The summed E-state index contributed by atoms with van der Waals surface area (Å²) in [5.41, 5.74) is 4.08. The van der Waals surface area contributed by atoms with Crippen molar-refractivity contribution in [2.45, 2.75) is 27.2 Å². The van der Waals surface area contributed by atoms with Gasteiger partial charge in [0.05, 0.1) is 13.2 Å². The molecule has 1 aliphatic heterocycles. The maximum Gasteiger partial charge on any atom is 0.166 e. The molecule has 1 aliphatic rings. The minimum atomic E-state index is 0.251. The molecule has 1 fully saturated rings. The van der Waals surface area contributed by atoms with Crippen LogP contribution in [0.4, 0.5) is 0 Å². The van der Waals surface area contributed by atoms with Gasteiger partial charge in [0.2, 0.25) is 0 Å². The molecule has 0 bridgehead atoms. The van der Waals surface area contributed by atoms with Gasteiger partial charge in [0.1, 0.15) is 0 Å². The number of rotatable bonds is 4. The van der Waals surface area contributed by atoms with Crippen LogP contribution in [0.1, 0.15) is 33.7 Å². The van der Waals surface area contributed by atoms with Crippen LogP contribution in [-0.4, -0.2) is 48.5 Å². The molecule has 0 amide bonds. The molecule has 0 aromatic carbocycles. The SMILES string of the molecule is Cc1[nH]c(C)c(C(=O)CCN2CCOCC2)c1C. The minimum Gasteiger partial charge on any atom is -0.379 e. The van der Waals surface area contributed by atoms with Crippen LogP contribution in [0.2, 0.25) is 0 Å². The number of Topliss-reactive ketones (excluding diaryl/α,β-unsaturated/α-hetero) is 1. The number of ketones is 1. The van der Waals surface area contributed by atoms with E-state index in [1.54, 1.807) is 0 Å². The zero-order chi connectivity index (χ0) is 13.1. The quantitative estimate of drug-likeness (QED) is 0.829. The van der Waals surface area contributed by atoms with Crippen molar-refractivity contribution in [2.75, 3.05) is 32.8 Å². The first-order valence-electron chi connectivity index (χ1n) is 6.58. The van der Waals surface area contributed by atoms with E-state index in [-0.39, 0.29) is 5.78 Å². The number of morpholine rings is 1. The van der Waals surface area contributed by atoms with Gasteiger partial charge >= 0.3 is 0 Å². The van der Waals surface area contributed by atoms with Crippen LogP contribution in [0, 0.1) is 20.8 Å². The maximum atomic E-state index is 12.3. The van der Waals surface area contributed by atoms with E-state index in [4.69, 9.17) is 4.74 Å². The number of aromatic nitrogens is 1. The summed E-state index contributed by atoms with van der Waals surface area (Å²) in [5, 5.41) is 0. The van der Waals surface area contributed by atoms with Gasteiger partial charge < -0.3 is 9.72 Å². The van der Waals surface area contributed by atoms with Gasteiger partial charge in [0.25, 0.3) is 0 Å². The number of nitrogens with zero attached hydrogens (tertiary/aromatic N) is 1. The summed E-state index contributed by atoms with van der Waals surface area (Å²) in [6.45, 7) is 10.3. The third kappa shape index (κ3) is 2.82. The summed E-state index contributed by atoms with van der Waals surface area (Å²) >= 11 is 0. The highest BCUT2D eigenvalue weighted by Gasteiger charge is 2.18. The topological polar surface area (TPSA) is 45.3 Å². The zero-order valence-electron chi connectivity index (χ0n) is 11.5. The summed E-state index contributed by atoms with van der Waals surface area (Å²) in [6, 6.07) is 0. The van der Waals surface area contributed by atoms with Gasteiger partial charge in [0, 0.05) is 43.0 Å². The fourth-order valence-electron chi connectivity index (χ4n) is 2.53. The smallest absolute Gasteiger partial charge is 0.166 e. The Morgan fingerprint density at radius 3 is 2.44 bits per heavy atom. The maximum absolute atomic E-state index is 12.3. The average molecular weight is 250 g/mol. The van der Waals surface area contributed by atoms with E-state index in [1.165, 1.54) is 0 Å². The van der Waals surface area contributed by atoms with Crippen molar-refractivity contribution < 1.29 is 9.53 Å². The second-order valence-electron chi connectivity index (χ2n) is 5.00. The standard InChI is InChI=1S/C14H22N2O2/c1-10-11(2)15-12(3)14(10)13(17)4-5-16-6-8-18-9-7-16/h15H,4-9H2,1-3H3. The number of aryl methyl sites for hydroxylation is 2. The van der Waals surface area contributed by atoms with Crippen LogP contribution in [0.25, 0.3) is 0 Å². The Labute approximate surface area is 108 Å². The molecule has 0 unspecified atom stereocenters. The van der Waals surface area contributed by atoms with Crippen molar-refractivity contribution in [1.82, 2.24) is 9.88 Å². The third-order valence-electron chi connectivity index (χ3n) is 3.73. The van der Waals surface area contributed by atoms with Crippen LogP contribution in [0.3, 0.4) is 0 Å². The second kappa shape index (κ2) is 5.67. The molecule has 4 heteroatoms. The molecule has 18 heavy (non-hydrogen) atoms. The molecular formula is C14H22N2O2. The number of carbonyl (C=O) groups excluding carboxylic acids is 1. The number of nitrogens with one attached hydrogen (secondary N) is 1. The molecule has 0 saturated carbocycles. The van der Waals surface area contributed by atoms with Crippen LogP contribution >= 0.6 is 0 Å². The van der Waals surface area contributed by atoms with Crippen molar-refractivity contribution in [3.63, 3.8) is 0 Å². The minimum absolute atomic E-state index is 0.251. The molecule has 2 heterocycles. The Morgan fingerprint density at radius 1 is 1.22 bits per heavy atom. The zero-order valence-corrected chi connectivity index (χ0v) is 11.5. The number of carbonyl (C=O) groups is 1. The Kier molecular flexibility index (Phi) is 4.19. The molecule has 0 aliphatic carbocycles. The molecule has 2 rings (SSSR count). The lowest BCUT2D eigenvalue weighted by Gasteiger charge is -2.26. The highest BCUT2D eigenvalue weighted by molar-refractivity contribution is 5.99. The molecule has 1 N–H and O–H groups in total. The van der Waals surface area contributed by atoms with E-state index in [1.807, 2.05) is 20.8 Å². The Balaban J connectivity index is 1.95. The van der Waals surface area contributed by atoms with Crippen molar-refractivity contribution >= 4 is 5.78 Å². The monoisotopic (exact) mass is 250 g/mol. The van der Waals surface area contributed by atoms with Gasteiger partial charge in [0.15, 0.2) is 5.78 Å². The van der Waals surface area contributed by atoms with Gasteiger partial charge in [-0.3, -0.25) is 9.69 Å². The molecule has 0 atom stereocenters. The van der Waals surface area contributed by atoms with Gasteiger partial charge in [-0.05, 0) is 26.3 Å². The Morgan fingerprint density at radius 2 is 1.89 bits per heavy atom. The van der Waals surface area contributed by atoms with Gasteiger partial charge in [-0.2, -0.15) is 0 Å². The van der Waals surface area contributed by atoms with Crippen molar-refractivity contribution in [3.8, 4) is 0 Å². The number of ether oxygens (including phenoxy) is 1. The number of H-pyrrole nitrogens is 1.